The van der Waals surface area contributed by atoms with E-state index in [0.29, 0.717) is 6.04 Å². The molecule has 0 aliphatic carbocycles. The van der Waals surface area contributed by atoms with E-state index in [1.165, 1.54) is 5.56 Å². The van der Waals surface area contributed by atoms with Crippen molar-refractivity contribution in [2.45, 2.75) is 19.9 Å². The van der Waals surface area contributed by atoms with Gasteiger partial charge in [-0.15, -0.1) is 5.10 Å². The molecule has 0 saturated heterocycles. The number of nitrogens with zero attached hydrogens (tertiary/aromatic N) is 3. The van der Waals surface area contributed by atoms with Crippen LogP contribution < -0.4 is 5.32 Å². The lowest BCUT2D eigenvalue weighted by Crippen LogP contribution is -2.20. The van der Waals surface area contributed by atoms with Crippen LogP contribution in [0, 0.1) is 0 Å². The molecule has 1 atom stereocenters. The number of aromatic nitrogens is 3. The van der Waals surface area contributed by atoms with Crippen molar-refractivity contribution < 1.29 is 0 Å². The zero-order chi connectivity index (χ0) is 13.0. The molecule has 1 heterocycles. The molecule has 18 heavy (non-hydrogen) atoms. The van der Waals surface area contributed by atoms with Gasteiger partial charge in [0.1, 0.15) is 0 Å². The standard InChI is InChI=1S/C14H18N4/c1-11(2)10-15-12(3)13-4-6-14(7-5-13)18-9-8-16-17-18/h4-9,12,15H,1,10H2,2-3H3/t12-/m1/s1. The van der Waals surface area contributed by atoms with Crippen LogP contribution in [-0.2, 0) is 0 Å². The van der Waals surface area contributed by atoms with Crippen molar-refractivity contribution in [2.24, 2.45) is 0 Å². The van der Waals surface area contributed by atoms with Crippen LogP contribution in [0.15, 0.2) is 48.8 Å². The summed E-state index contributed by atoms with van der Waals surface area (Å²) in [5, 5.41) is 11.2. The molecule has 0 fully saturated rings. The Kier molecular flexibility index (Phi) is 3.89. The average molecular weight is 242 g/mol. The summed E-state index contributed by atoms with van der Waals surface area (Å²) in [5.41, 5.74) is 3.41. The second kappa shape index (κ2) is 5.60. The van der Waals surface area contributed by atoms with Crippen LogP contribution in [0.5, 0.6) is 0 Å². The molecule has 1 aromatic heterocycles. The van der Waals surface area contributed by atoms with Gasteiger partial charge >= 0.3 is 0 Å². The van der Waals surface area contributed by atoms with Crippen molar-refractivity contribution in [1.29, 1.82) is 0 Å². The lowest BCUT2D eigenvalue weighted by atomic mass is 10.1. The van der Waals surface area contributed by atoms with E-state index in [4.69, 9.17) is 0 Å². The molecular formula is C14H18N4. The van der Waals surface area contributed by atoms with E-state index in [9.17, 15) is 0 Å². The maximum atomic E-state index is 3.96. The lowest BCUT2D eigenvalue weighted by Gasteiger charge is -2.14. The van der Waals surface area contributed by atoms with Crippen molar-refractivity contribution in [3.63, 3.8) is 0 Å². The van der Waals surface area contributed by atoms with E-state index >= 15 is 0 Å². The van der Waals surface area contributed by atoms with E-state index in [1.807, 2.05) is 25.3 Å². The fourth-order valence-corrected chi connectivity index (χ4v) is 1.71. The molecule has 2 aromatic rings. The number of hydrogen-bond donors (Lipinski definition) is 1. The van der Waals surface area contributed by atoms with Crippen LogP contribution in [0.1, 0.15) is 25.5 Å². The molecule has 4 heteroatoms. The Morgan fingerprint density at radius 1 is 1.39 bits per heavy atom. The van der Waals surface area contributed by atoms with Crippen LogP contribution in [0.4, 0.5) is 0 Å². The molecule has 0 aliphatic heterocycles. The molecule has 94 valence electrons. The Bertz CT molecular complexity index is 499. The molecular weight excluding hydrogens is 224 g/mol. The van der Waals surface area contributed by atoms with Gasteiger partial charge < -0.3 is 5.32 Å². The van der Waals surface area contributed by atoms with Crippen molar-refractivity contribution >= 4 is 0 Å². The van der Waals surface area contributed by atoms with Crippen LogP contribution in [-0.4, -0.2) is 21.5 Å². The first-order valence-corrected chi connectivity index (χ1v) is 6.01. The number of benzene rings is 1. The van der Waals surface area contributed by atoms with E-state index in [1.54, 1.807) is 10.9 Å². The fraction of sp³-hybridized carbons (Fsp3) is 0.286. The van der Waals surface area contributed by atoms with E-state index in [0.717, 1.165) is 17.8 Å². The van der Waals surface area contributed by atoms with Gasteiger partial charge in [0.05, 0.1) is 18.1 Å². The highest BCUT2D eigenvalue weighted by Crippen LogP contribution is 2.15. The van der Waals surface area contributed by atoms with Crippen LogP contribution in [0.3, 0.4) is 0 Å². The summed E-state index contributed by atoms with van der Waals surface area (Å²) in [7, 11) is 0. The van der Waals surface area contributed by atoms with Gasteiger partial charge in [0.2, 0.25) is 0 Å². The Morgan fingerprint density at radius 3 is 2.67 bits per heavy atom. The highest BCUT2D eigenvalue weighted by Gasteiger charge is 2.05. The first-order chi connectivity index (χ1) is 8.66. The summed E-state index contributed by atoms with van der Waals surface area (Å²) in [6, 6.07) is 8.61. The third-order valence-electron chi connectivity index (χ3n) is 2.79. The zero-order valence-corrected chi connectivity index (χ0v) is 10.8. The molecule has 0 amide bonds. The van der Waals surface area contributed by atoms with Crippen LogP contribution in [0.25, 0.3) is 5.69 Å². The molecule has 0 unspecified atom stereocenters. The average Bonchev–Trinajstić information content (AvgIpc) is 2.90. The minimum absolute atomic E-state index is 0.312. The summed E-state index contributed by atoms with van der Waals surface area (Å²) in [5.74, 6) is 0. The zero-order valence-electron chi connectivity index (χ0n) is 10.8. The largest absolute Gasteiger partial charge is 0.306 e. The Labute approximate surface area is 107 Å². The second-order valence-electron chi connectivity index (χ2n) is 4.50. The minimum atomic E-state index is 0.312. The van der Waals surface area contributed by atoms with Gasteiger partial charge in [-0.05, 0) is 31.5 Å². The predicted octanol–water partition coefficient (Wildman–Crippen LogP) is 2.49. The Hall–Kier alpha value is -1.94. The lowest BCUT2D eigenvalue weighted by molar-refractivity contribution is 0.607. The first kappa shape index (κ1) is 12.5. The molecule has 0 radical (unpaired) electrons. The molecule has 0 aliphatic rings. The number of hydrogen-bond acceptors (Lipinski definition) is 3. The van der Waals surface area contributed by atoms with E-state index in [-0.39, 0.29) is 0 Å². The third kappa shape index (κ3) is 3.05. The maximum Gasteiger partial charge on any atom is 0.0697 e. The predicted molar refractivity (Wildman–Crippen MR) is 72.6 cm³/mol. The molecule has 0 spiro atoms. The van der Waals surface area contributed by atoms with Crippen molar-refractivity contribution in [1.82, 2.24) is 20.3 Å². The topological polar surface area (TPSA) is 42.7 Å². The van der Waals surface area contributed by atoms with Gasteiger partial charge in [-0.1, -0.05) is 29.5 Å². The SMILES string of the molecule is C=C(C)CN[C@H](C)c1ccc(-n2ccnn2)cc1. The summed E-state index contributed by atoms with van der Waals surface area (Å²) < 4.78 is 1.75. The summed E-state index contributed by atoms with van der Waals surface area (Å²) in [6.45, 7) is 8.89. The minimum Gasteiger partial charge on any atom is -0.306 e. The van der Waals surface area contributed by atoms with Gasteiger partial charge in [-0.2, -0.15) is 0 Å². The summed E-state index contributed by atoms with van der Waals surface area (Å²) in [6.07, 6.45) is 3.50. The first-order valence-electron chi connectivity index (χ1n) is 6.01. The molecule has 4 nitrogen and oxygen atoms in total. The van der Waals surface area contributed by atoms with Gasteiger partial charge in [0.25, 0.3) is 0 Å². The van der Waals surface area contributed by atoms with Crippen molar-refractivity contribution in [3.05, 3.63) is 54.4 Å². The van der Waals surface area contributed by atoms with E-state index in [2.05, 4.69) is 41.3 Å². The third-order valence-corrected chi connectivity index (χ3v) is 2.79. The molecule has 0 bridgehead atoms. The Balaban J connectivity index is 2.05. The maximum absolute atomic E-state index is 3.96. The van der Waals surface area contributed by atoms with E-state index < -0.39 is 0 Å². The molecule has 0 saturated carbocycles. The van der Waals surface area contributed by atoms with Gasteiger partial charge in [-0.3, -0.25) is 0 Å². The highest BCUT2D eigenvalue weighted by atomic mass is 15.4. The van der Waals surface area contributed by atoms with Crippen molar-refractivity contribution in [2.75, 3.05) is 6.54 Å². The highest BCUT2D eigenvalue weighted by molar-refractivity contribution is 5.34. The van der Waals surface area contributed by atoms with Gasteiger partial charge in [0, 0.05) is 12.6 Å². The second-order valence-corrected chi connectivity index (χ2v) is 4.50. The molecule has 1 aromatic carbocycles. The quantitative estimate of drug-likeness (QED) is 0.819. The molecule has 2 rings (SSSR count). The summed E-state index contributed by atoms with van der Waals surface area (Å²) in [4.78, 5) is 0. The number of nitrogens with one attached hydrogen (secondary N) is 1. The van der Waals surface area contributed by atoms with Gasteiger partial charge in [-0.25, -0.2) is 4.68 Å². The monoisotopic (exact) mass is 242 g/mol. The summed E-state index contributed by atoms with van der Waals surface area (Å²) >= 11 is 0. The van der Waals surface area contributed by atoms with Crippen molar-refractivity contribution in [3.8, 4) is 5.69 Å². The fourth-order valence-electron chi connectivity index (χ4n) is 1.71. The van der Waals surface area contributed by atoms with Gasteiger partial charge in [0.15, 0.2) is 0 Å². The van der Waals surface area contributed by atoms with Crippen LogP contribution in [0.2, 0.25) is 0 Å². The molecule has 1 N–H and O–H groups in total. The smallest absolute Gasteiger partial charge is 0.0697 e. The Morgan fingerprint density at radius 2 is 2.11 bits per heavy atom. The number of rotatable bonds is 5. The van der Waals surface area contributed by atoms with Crippen LogP contribution >= 0.6 is 0 Å². The normalized spacial score (nSPS) is 12.3.